The van der Waals surface area contributed by atoms with Crippen molar-refractivity contribution in [1.29, 1.82) is 5.26 Å². The highest BCUT2D eigenvalue weighted by molar-refractivity contribution is 7.88. The monoisotopic (exact) mass is 536 g/mol. The zero-order valence-electron chi connectivity index (χ0n) is 20.3. The molecule has 0 heterocycles. The van der Waals surface area contributed by atoms with Crippen molar-refractivity contribution < 1.29 is 17.9 Å². The number of hydrogen-bond acceptors (Lipinski definition) is 5. The lowest BCUT2D eigenvalue weighted by Gasteiger charge is -2.71. The molecule has 2 aromatic carbocycles. The summed E-state index contributed by atoms with van der Waals surface area (Å²) in [6, 6.07) is 13.8. The molecule has 5 rings (SSSR count). The predicted molar refractivity (Wildman–Crippen MR) is 138 cm³/mol. The molecule has 0 aliphatic heterocycles. The van der Waals surface area contributed by atoms with E-state index in [1.807, 2.05) is 36.4 Å². The third-order valence-electron chi connectivity index (χ3n) is 7.43. The number of benzene rings is 2. The summed E-state index contributed by atoms with van der Waals surface area (Å²) >= 11 is 12.2. The van der Waals surface area contributed by atoms with Crippen LogP contribution < -0.4 is 14.2 Å². The second kappa shape index (κ2) is 9.15. The molecule has 0 spiro atoms. The Balaban J connectivity index is 1.45. The Morgan fingerprint density at radius 1 is 1.17 bits per heavy atom. The highest BCUT2D eigenvalue weighted by Crippen LogP contribution is 2.69. The lowest BCUT2D eigenvalue weighted by atomic mass is 9.38. The van der Waals surface area contributed by atoms with Gasteiger partial charge in [0.15, 0.2) is 5.75 Å². The van der Waals surface area contributed by atoms with Gasteiger partial charge >= 0.3 is 0 Å². The fraction of sp³-hybridized carbons (Fsp3) is 0.500. The molecule has 0 aromatic heterocycles. The molecule has 6 nitrogen and oxygen atoms in total. The van der Waals surface area contributed by atoms with Crippen LogP contribution in [0.4, 0.5) is 0 Å². The average Bonchev–Trinajstić information content (AvgIpc) is 2.73. The zero-order valence-corrected chi connectivity index (χ0v) is 22.6. The maximum Gasteiger partial charge on any atom is 0.209 e. The van der Waals surface area contributed by atoms with Gasteiger partial charge in [-0.25, -0.2) is 13.1 Å². The van der Waals surface area contributed by atoms with E-state index in [0.29, 0.717) is 22.2 Å². The van der Waals surface area contributed by atoms with E-state index >= 15 is 0 Å². The fourth-order valence-electron chi connectivity index (χ4n) is 5.57. The Bertz CT molecular complexity index is 1250. The summed E-state index contributed by atoms with van der Waals surface area (Å²) in [6.07, 6.45) is 3.63. The molecular weight excluding hydrogens is 507 g/mol. The average molecular weight is 538 g/mol. The van der Waals surface area contributed by atoms with Crippen LogP contribution in [0.3, 0.4) is 0 Å². The van der Waals surface area contributed by atoms with Gasteiger partial charge in [-0.3, -0.25) is 0 Å². The van der Waals surface area contributed by atoms with Gasteiger partial charge in [0, 0.05) is 16.4 Å². The quantitative estimate of drug-likeness (QED) is 0.411. The minimum atomic E-state index is -3.20. The molecule has 3 fully saturated rings. The zero-order chi connectivity index (χ0) is 25.6. The lowest BCUT2D eigenvalue weighted by Crippen LogP contribution is -2.77. The van der Waals surface area contributed by atoms with Gasteiger partial charge in [-0.15, -0.1) is 11.6 Å². The summed E-state index contributed by atoms with van der Waals surface area (Å²) < 4.78 is 37.8. The summed E-state index contributed by atoms with van der Waals surface area (Å²) in [7, 11) is -3.20. The maximum atomic E-state index is 11.6. The van der Waals surface area contributed by atoms with Crippen LogP contribution in [0.5, 0.6) is 11.5 Å². The van der Waals surface area contributed by atoms with Crippen molar-refractivity contribution in [2.24, 2.45) is 5.41 Å². The molecule has 0 saturated heterocycles. The highest BCUT2D eigenvalue weighted by Gasteiger charge is 2.71. The van der Waals surface area contributed by atoms with Crippen LogP contribution in [0.15, 0.2) is 36.4 Å². The summed E-state index contributed by atoms with van der Waals surface area (Å²) in [4.78, 5) is 0. The highest BCUT2D eigenvalue weighted by atomic mass is 35.5. The number of hydrogen-bond donors (Lipinski definition) is 1. The molecule has 3 aliphatic carbocycles. The fourth-order valence-corrected chi connectivity index (χ4v) is 6.92. The first-order chi connectivity index (χ1) is 16.3. The van der Waals surface area contributed by atoms with Crippen LogP contribution in [0.2, 0.25) is 5.02 Å². The van der Waals surface area contributed by atoms with Crippen molar-refractivity contribution in [3.63, 3.8) is 0 Å². The number of ether oxygens (including phenoxy) is 2. The van der Waals surface area contributed by atoms with Crippen LogP contribution in [0, 0.1) is 16.7 Å². The van der Waals surface area contributed by atoms with E-state index in [-0.39, 0.29) is 23.7 Å². The molecule has 188 valence electrons. The van der Waals surface area contributed by atoms with Crippen LogP contribution >= 0.6 is 23.2 Å². The van der Waals surface area contributed by atoms with Gasteiger partial charge in [0.25, 0.3) is 0 Å². The van der Waals surface area contributed by atoms with Crippen molar-refractivity contribution in [3.05, 3.63) is 58.1 Å². The van der Waals surface area contributed by atoms with Crippen LogP contribution in [-0.4, -0.2) is 38.8 Å². The van der Waals surface area contributed by atoms with Gasteiger partial charge < -0.3 is 9.47 Å². The van der Waals surface area contributed by atoms with Crippen LogP contribution in [-0.2, 0) is 15.4 Å². The Morgan fingerprint density at radius 3 is 2.34 bits per heavy atom. The number of halogens is 2. The van der Waals surface area contributed by atoms with Gasteiger partial charge in [-0.05, 0) is 61.6 Å². The van der Waals surface area contributed by atoms with Crippen molar-refractivity contribution in [2.75, 3.05) is 18.7 Å². The summed E-state index contributed by atoms with van der Waals surface area (Å²) in [5.74, 6) is 1.43. The molecule has 1 N–H and O–H groups in total. The van der Waals surface area contributed by atoms with E-state index in [2.05, 4.69) is 31.6 Å². The predicted octanol–water partition coefficient (Wildman–Crippen LogP) is 5.39. The summed E-state index contributed by atoms with van der Waals surface area (Å²) in [5.41, 5.74) is 1.68. The van der Waals surface area contributed by atoms with Gasteiger partial charge in [-0.2, -0.15) is 5.26 Å². The minimum absolute atomic E-state index is 0.0119. The van der Waals surface area contributed by atoms with Gasteiger partial charge in [0.05, 0.1) is 22.7 Å². The second-order valence-electron chi connectivity index (χ2n) is 10.4. The molecule has 3 aliphatic rings. The number of alkyl halides is 1. The third-order valence-corrected chi connectivity index (χ3v) is 8.67. The molecule has 3 saturated carbocycles. The van der Waals surface area contributed by atoms with E-state index in [1.54, 1.807) is 0 Å². The lowest BCUT2D eigenvalue weighted by molar-refractivity contribution is -0.193. The topological polar surface area (TPSA) is 88.4 Å². The summed E-state index contributed by atoms with van der Waals surface area (Å²) in [6.45, 7) is 6.48. The largest absolute Gasteiger partial charge is 0.490 e. The van der Waals surface area contributed by atoms with E-state index in [9.17, 15) is 13.7 Å². The smallest absolute Gasteiger partial charge is 0.209 e. The van der Waals surface area contributed by atoms with Crippen molar-refractivity contribution >= 4 is 33.2 Å². The first-order valence-corrected chi connectivity index (χ1v) is 14.3. The Morgan fingerprint density at radius 2 is 1.80 bits per heavy atom. The van der Waals surface area contributed by atoms with E-state index in [4.69, 9.17) is 32.7 Å². The molecule has 35 heavy (non-hydrogen) atoms. The number of nitriles is 1. The number of sulfonamides is 1. The first kappa shape index (κ1) is 26.1. The molecule has 2 aromatic rings. The molecule has 2 bridgehead atoms. The molecule has 0 amide bonds. The number of rotatable bonds is 10. The Labute approximate surface area is 217 Å². The van der Waals surface area contributed by atoms with E-state index < -0.39 is 15.4 Å². The molecular formula is C26H30Cl2N2O4S. The molecule has 0 unspecified atom stereocenters. The number of nitrogens with one attached hydrogen (secondary N) is 1. The SMILES string of the molecule is C[C@H](Oc1ccc(C(C)(C)c2cc(Cl)c(OCCCl)c(C#N)c2)cc1)C12CC(NS(C)(=O)=O)(C1)C2. The van der Waals surface area contributed by atoms with Gasteiger partial charge in [0.2, 0.25) is 10.0 Å². The van der Waals surface area contributed by atoms with Gasteiger partial charge in [-0.1, -0.05) is 37.6 Å². The second-order valence-corrected chi connectivity index (χ2v) is 13.0. The summed E-state index contributed by atoms with van der Waals surface area (Å²) in [5, 5.41) is 10.00. The minimum Gasteiger partial charge on any atom is -0.490 e. The van der Waals surface area contributed by atoms with E-state index in [1.165, 1.54) is 6.26 Å². The first-order valence-electron chi connectivity index (χ1n) is 11.5. The van der Waals surface area contributed by atoms with Crippen LogP contribution in [0.1, 0.15) is 56.7 Å². The molecule has 0 radical (unpaired) electrons. The molecule has 1 atom stereocenters. The third kappa shape index (κ3) is 4.99. The van der Waals surface area contributed by atoms with Crippen molar-refractivity contribution in [2.45, 2.75) is 57.1 Å². The Hall–Kier alpha value is -1.98. The Kier molecular flexibility index (Phi) is 6.82. The van der Waals surface area contributed by atoms with E-state index in [0.717, 1.165) is 36.1 Å². The maximum absolute atomic E-state index is 11.6. The van der Waals surface area contributed by atoms with Gasteiger partial charge in [0.1, 0.15) is 24.5 Å². The van der Waals surface area contributed by atoms with Crippen LogP contribution in [0.25, 0.3) is 0 Å². The standard InChI is InChI=1S/C26H30Cl2N2O4S/c1-17(25-14-26(15-25,16-25)30-35(4,31)32)34-21-7-5-19(6-8-21)24(2,3)20-11-18(13-29)23(22(28)12-20)33-10-9-27/h5-8,11-12,17,30H,9-10,14-16H2,1-4H3/t17-,25?,26?/m0/s1. The number of nitrogens with zero attached hydrogens (tertiary/aromatic N) is 1. The van der Waals surface area contributed by atoms with Crippen molar-refractivity contribution in [1.82, 2.24) is 4.72 Å². The van der Waals surface area contributed by atoms with Crippen molar-refractivity contribution in [3.8, 4) is 17.6 Å². The molecule has 9 heteroatoms. The normalized spacial score (nSPS) is 24.0.